The first kappa shape index (κ1) is 19.3. The minimum atomic E-state index is -0.385. The number of nitrogens with zero attached hydrogens (tertiary/aromatic N) is 5. The number of nitrogens with one attached hydrogen (secondary N) is 1. The van der Waals surface area contributed by atoms with Crippen LogP contribution >= 0.6 is 0 Å². The van der Waals surface area contributed by atoms with Crippen LogP contribution in [0.15, 0.2) is 47.6 Å². The molecule has 1 saturated heterocycles. The molecule has 2 N–H and O–H groups in total. The maximum atomic E-state index is 12.7. The van der Waals surface area contributed by atoms with E-state index in [1.807, 2.05) is 24.9 Å². The van der Waals surface area contributed by atoms with Crippen molar-refractivity contribution in [2.24, 2.45) is 7.05 Å². The number of aromatic nitrogens is 4. The third-order valence-electron chi connectivity index (χ3n) is 5.68. The van der Waals surface area contributed by atoms with Gasteiger partial charge in [0.25, 0.3) is 5.91 Å². The lowest BCUT2D eigenvalue weighted by Gasteiger charge is -2.24. The number of aliphatic hydroxyl groups excluding tert-OH is 1. The average molecular weight is 418 g/mol. The number of benzene rings is 1. The Morgan fingerprint density at radius 3 is 2.94 bits per heavy atom. The van der Waals surface area contributed by atoms with E-state index in [2.05, 4.69) is 37.4 Å². The molecule has 1 atom stereocenters. The Hall–Kier alpha value is -3.72. The molecule has 1 aromatic carbocycles. The highest BCUT2D eigenvalue weighted by Gasteiger charge is 2.26. The highest BCUT2D eigenvalue weighted by Crippen LogP contribution is 2.41. The molecule has 4 aromatic rings. The molecule has 0 radical (unpaired) electrons. The van der Waals surface area contributed by atoms with Crippen LogP contribution in [-0.2, 0) is 7.05 Å². The van der Waals surface area contributed by atoms with Crippen molar-refractivity contribution in [3.8, 4) is 11.1 Å². The molecular weight excluding hydrogens is 396 g/mol. The van der Waals surface area contributed by atoms with Crippen molar-refractivity contribution in [1.82, 2.24) is 19.7 Å². The highest BCUT2D eigenvalue weighted by atomic mass is 16.3. The molecule has 0 aliphatic carbocycles. The van der Waals surface area contributed by atoms with Crippen molar-refractivity contribution in [3.05, 3.63) is 54.6 Å². The van der Waals surface area contributed by atoms with E-state index in [1.54, 1.807) is 12.3 Å². The summed E-state index contributed by atoms with van der Waals surface area (Å²) in [4.78, 5) is 23.1. The number of aryl methyl sites for hydroxylation is 2. The summed E-state index contributed by atoms with van der Waals surface area (Å²) in [5, 5.41) is 18.5. The zero-order valence-electron chi connectivity index (χ0n) is 17.2. The fourth-order valence-corrected chi connectivity index (χ4v) is 4.13. The van der Waals surface area contributed by atoms with Crippen molar-refractivity contribution >= 4 is 28.2 Å². The molecule has 9 heteroatoms. The summed E-state index contributed by atoms with van der Waals surface area (Å²) in [6.45, 7) is 3.21. The van der Waals surface area contributed by atoms with Crippen LogP contribution in [0.4, 0.5) is 11.4 Å². The number of fused-ring (bicyclic) bond motifs is 1. The molecule has 0 saturated carbocycles. The van der Waals surface area contributed by atoms with E-state index < -0.39 is 0 Å². The van der Waals surface area contributed by atoms with Crippen LogP contribution in [0.2, 0.25) is 0 Å². The zero-order chi connectivity index (χ0) is 21.5. The van der Waals surface area contributed by atoms with Gasteiger partial charge in [-0.25, -0.2) is 4.98 Å². The predicted molar refractivity (Wildman–Crippen MR) is 116 cm³/mol. The van der Waals surface area contributed by atoms with E-state index in [4.69, 9.17) is 4.42 Å². The van der Waals surface area contributed by atoms with E-state index in [0.29, 0.717) is 18.7 Å². The van der Waals surface area contributed by atoms with Crippen molar-refractivity contribution in [1.29, 1.82) is 0 Å². The van der Waals surface area contributed by atoms with Gasteiger partial charge in [0.05, 0.1) is 29.7 Å². The second-order valence-electron chi connectivity index (χ2n) is 7.72. The van der Waals surface area contributed by atoms with Crippen LogP contribution in [-0.4, -0.2) is 50.0 Å². The van der Waals surface area contributed by atoms with Gasteiger partial charge in [-0.05, 0) is 31.5 Å². The Morgan fingerprint density at radius 1 is 1.32 bits per heavy atom. The summed E-state index contributed by atoms with van der Waals surface area (Å²) < 4.78 is 6.96. The first-order valence-corrected chi connectivity index (χ1v) is 10.1. The minimum Gasteiger partial charge on any atom is -0.438 e. The summed E-state index contributed by atoms with van der Waals surface area (Å²) in [6, 6.07) is 5.92. The third-order valence-corrected chi connectivity index (χ3v) is 5.68. The number of pyridine rings is 1. The van der Waals surface area contributed by atoms with Gasteiger partial charge >= 0.3 is 0 Å². The standard InChI is InChI=1S/C22H22N6O3/c1-13-21(17(3-5-24-13)26-22(30)20-10-23-12-31-20)16-8-18-14(9-25-27(18)2)7-19(16)28-6-4-15(29)11-28/h3,5,7-10,12,15,29H,4,6,11H2,1-2H3,(H,24,26,30)/t15-/m0/s1. The molecule has 5 rings (SSSR count). The van der Waals surface area contributed by atoms with Gasteiger partial charge in [0.2, 0.25) is 5.76 Å². The summed E-state index contributed by atoms with van der Waals surface area (Å²) in [5.74, 6) is -0.255. The van der Waals surface area contributed by atoms with Crippen LogP contribution < -0.4 is 10.2 Å². The van der Waals surface area contributed by atoms with Gasteiger partial charge < -0.3 is 19.7 Å². The smallest absolute Gasteiger partial charge is 0.293 e. The first-order chi connectivity index (χ1) is 15.0. The Labute approximate surface area is 178 Å². The molecule has 4 heterocycles. The number of amides is 1. The quantitative estimate of drug-likeness (QED) is 0.524. The first-order valence-electron chi connectivity index (χ1n) is 10.1. The fraction of sp³-hybridized carbons (Fsp3) is 0.273. The maximum Gasteiger partial charge on any atom is 0.293 e. The van der Waals surface area contributed by atoms with Gasteiger partial charge in [-0.1, -0.05) is 0 Å². The van der Waals surface area contributed by atoms with Gasteiger partial charge in [0.1, 0.15) is 0 Å². The van der Waals surface area contributed by atoms with E-state index in [1.165, 1.54) is 12.6 Å². The molecule has 1 amide bonds. The Bertz CT molecular complexity index is 1260. The molecule has 0 unspecified atom stereocenters. The second-order valence-corrected chi connectivity index (χ2v) is 7.72. The second kappa shape index (κ2) is 7.51. The Kier molecular flexibility index (Phi) is 4.67. The van der Waals surface area contributed by atoms with Crippen molar-refractivity contribution in [2.75, 3.05) is 23.3 Å². The normalized spacial score (nSPS) is 16.2. The third kappa shape index (κ3) is 3.42. The topological polar surface area (TPSA) is 109 Å². The lowest BCUT2D eigenvalue weighted by molar-refractivity contribution is 0.0996. The number of hydrogen-bond acceptors (Lipinski definition) is 7. The SMILES string of the molecule is Cc1nccc(NC(=O)c2cnco2)c1-c1cc2c(cnn2C)cc1N1CC[C@H](O)C1. The number of carbonyl (C=O) groups excluding carboxylic acids is 1. The molecule has 31 heavy (non-hydrogen) atoms. The molecule has 1 fully saturated rings. The molecule has 158 valence electrons. The Morgan fingerprint density at radius 2 is 2.19 bits per heavy atom. The van der Waals surface area contributed by atoms with Gasteiger partial charge in [0, 0.05) is 54.2 Å². The zero-order valence-corrected chi connectivity index (χ0v) is 17.2. The van der Waals surface area contributed by atoms with Gasteiger partial charge in [-0.15, -0.1) is 0 Å². The maximum absolute atomic E-state index is 12.7. The summed E-state index contributed by atoms with van der Waals surface area (Å²) in [6.07, 6.45) is 6.45. The Balaban J connectivity index is 1.68. The van der Waals surface area contributed by atoms with Gasteiger partial charge in [-0.3, -0.25) is 14.5 Å². The van der Waals surface area contributed by atoms with E-state index in [0.717, 1.165) is 40.0 Å². The van der Waals surface area contributed by atoms with Crippen molar-refractivity contribution in [2.45, 2.75) is 19.4 Å². The number of carbonyl (C=O) groups is 1. The van der Waals surface area contributed by atoms with E-state index >= 15 is 0 Å². The highest BCUT2D eigenvalue weighted by molar-refractivity contribution is 6.06. The fourth-order valence-electron chi connectivity index (χ4n) is 4.13. The van der Waals surface area contributed by atoms with Crippen LogP contribution in [0.5, 0.6) is 0 Å². The van der Waals surface area contributed by atoms with Gasteiger partial charge in [0.15, 0.2) is 6.39 Å². The van der Waals surface area contributed by atoms with Crippen LogP contribution in [0.1, 0.15) is 22.7 Å². The number of aliphatic hydroxyl groups is 1. The molecule has 1 aliphatic rings. The predicted octanol–water partition coefficient (Wildman–Crippen LogP) is 2.76. The lowest BCUT2D eigenvalue weighted by atomic mass is 9.98. The number of β-amino-alcohol motifs (C(OH)–C–C–N with tert-alkyl or cyclic N) is 1. The molecule has 1 aliphatic heterocycles. The summed E-state index contributed by atoms with van der Waals surface area (Å²) in [7, 11) is 1.90. The molecule has 0 bridgehead atoms. The van der Waals surface area contributed by atoms with E-state index in [-0.39, 0.29) is 17.8 Å². The minimum absolute atomic E-state index is 0.130. The van der Waals surface area contributed by atoms with Gasteiger partial charge in [-0.2, -0.15) is 5.10 Å². The molecule has 0 spiro atoms. The van der Waals surface area contributed by atoms with Crippen molar-refractivity contribution in [3.63, 3.8) is 0 Å². The molecule has 3 aromatic heterocycles. The summed E-state index contributed by atoms with van der Waals surface area (Å²) >= 11 is 0. The van der Waals surface area contributed by atoms with Crippen LogP contribution in [0, 0.1) is 6.92 Å². The van der Waals surface area contributed by atoms with Crippen molar-refractivity contribution < 1.29 is 14.3 Å². The number of rotatable bonds is 4. The largest absolute Gasteiger partial charge is 0.438 e. The molecular formula is C22H22N6O3. The summed E-state index contributed by atoms with van der Waals surface area (Å²) in [5.41, 5.74) is 5.07. The molecule has 9 nitrogen and oxygen atoms in total. The number of anilines is 2. The number of oxazole rings is 1. The van der Waals surface area contributed by atoms with Crippen LogP contribution in [0.3, 0.4) is 0 Å². The van der Waals surface area contributed by atoms with E-state index in [9.17, 15) is 9.90 Å². The average Bonchev–Trinajstić information content (AvgIpc) is 3.50. The number of hydrogen-bond donors (Lipinski definition) is 2. The monoisotopic (exact) mass is 418 g/mol. The van der Waals surface area contributed by atoms with Crippen LogP contribution in [0.25, 0.3) is 22.0 Å². The lowest BCUT2D eigenvalue weighted by Crippen LogP contribution is -2.22.